The molecule has 3 nitrogen and oxygen atoms in total. The molecule has 0 fully saturated rings. The van der Waals surface area contributed by atoms with Gasteiger partial charge >= 0.3 is 5.97 Å². The Balaban J connectivity index is 2.94. The molecular formula is C22H36O3. The van der Waals surface area contributed by atoms with E-state index in [0.717, 1.165) is 31.3 Å². The van der Waals surface area contributed by atoms with Crippen molar-refractivity contribution in [1.82, 2.24) is 0 Å². The number of hydrogen-bond acceptors (Lipinski definition) is 3. The molecule has 0 amide bonds. The Kier molecular flexibility index (Phi) is 9.20. The van der Waals surface area contributed by atoms with Crippen LogP contribution in [0.25, 0.3) is 0 Å². The lowest BCUT2D eigenvalue weighted by Gasteiger charge is -2.29. The molecule has 0 spiro atoms. The monoisotopic (exact) mass is 348 g/mol. The Morgan fingerprint density at radius 1 is 1.36 bits per heavy atom. The zero-order chi connectivity index (χ0) is 19.0. The van der Waals surface area contributed by atoms with E-state index in [1.807, 2.05) is 13.0 Å². The fourth-order valence-corrected chi connectivity index (χ4v) is 3.47. The van der Waals surface area contributed by atoms with Gasteiger partial charge in [-0.05, 0) is 70.8 Å². The van der Waals surface area contributed by atoms with Gasteiger partial charge < -0.3 is 9.84 Å². The summed E-state index contributed by atoms with van der Waals surface area (Å²) in [5.41, 5.74) is 3.59. The first-order valence-corrected chi connectivity index (χ1v) is 9.53. The molecule has 0 saturated heterocycles. The lowest BCUT2D eigenvalue weighted by atomic mass is 9.80. The summed E-state index contributed by atoms with van der Waals surface area (Å²) in [5, 5.41) is 10.8. The van der Waals surface area contributed by atoms with Crippen molar-refractivity contribution < 1.29 is 14.6 Å². The van der Waals surface area contributed by atoms with Crippen LogP contribution in [0, 0.1) is 11.8 Å². The maximum Gasteiger partial charge on any atom is 0.303 e. The van der Waals surface area contributed by atoms with Gasteiger partial charge in [-0.3, -0.25) is 4.79 Å². The molecule has 0 saturated carbocycles. The summed E-state index contributed by atoms with van der Waals surface area (Å²) in [4.78, 5) is 11.4. The average Bonchev–Trinajstić information content (AvgIpc) is 2.49. The number of aliphatic hydroxyl groups is 1. The predicted molar refractivity (Wildman–Crippen MR) is 104 cm³/mol. The number of allylic oxidation sites excluding steroid dienone is 3. The zero-order valence-corrected chi connectivity index (χ0v) is 16.8. The smallest absolute Gasteiger partial charge is 0.303 e. The minimum absolute atomic E-state index is 0.222. The van der Waals surface area contributed by atoms with Crippen molar-refractivity contribution in [3.05, 3.63) is 34.9 Å². The lowest BCUT2D eigenvalue weighted by molar-refractivity contribution is -0.144. The third-order valence-electron chi connectivity index (χ3n) is 5.15. The number of carbonyl (C=O) groups excluding carboxylic acids is 1. The van der Waals surface area contributed by atoms with Gasteiger partial charge in [0.05, 0.1) is 6.10 Å². The van der Waals surface area contributed by atoms with E-state index in [0.29, 0.717) is 12.3 Å². The lowest BCUT2D eigenvalue weighted by Crippen LogP contribution is -2.27. The van der Waals surface area contributed by atoms with Crippen molar-refractivity contribution >= 4 is 5.97 Å². The van der Waals surface area contributed by atoms with Gasteiger partial charge in [-0.2, -0.15) is 0 Å². The standard InChI is InChI=1S/C22H36O3/c1-15(2)8-7-9-17(4)20-12-10-16(3)11-13-22(25-19(6)23)18(5)14-21(20)24/h8,11,14,17,20-22,24H,7,9-10,12-13H2,1-6H3/b16-11?,18-14+/t17-,20+,21+,22+/m1/s1. The van der Waals surface area contributed by atoms with Gasteiger partial charge in [0.1, 0.15) is 6.10 Å². The van der Waals surface area contributed by atoms with E-state index in [-0.39, 0.29) is 18.0 Å². The quantitative estimate of drug-likeness (QED) is 0.538. The van der Waals surface area contributed by atoms with Crippen LogP contribution in [0.15, 0.2) is 34.9 Å². The second-order valence-electron chi connectivity index (χ2n) is 7.82. The number of aliphatic hydroxyl groups excluding tert-OH is 1. The van der Waals surface area contributed by atoms with Gasteiger partial charge in [-0.25, -0.2) is 0 Å². The molecule has 1 N–H and O–H groups in total. The Morgan fingerprint density at radius 3 is 2.64 bits per heavy atom. The number of rotatable bonds is 5. The Hall–Kier alpha value is -1.35. The van der Waals surface area contributed by atoms with Gasteiger partial charge in [-0.15, -0.1) is 0 Å². The summed E-state index contributed by atoms with van der Waals surface area (Å²) in [7, 11) is 0. The zero-order valence-electron chi connectivity index (χ0n) is 16.8. The number of hydrogen-bond donors (Lipinski definition) is 1. The topological polar surface area (TPSA) is 46.5 Å². The van der Waals surface area contributed by atoms with E-state index in [1.165, 1.54) is 18.1 Å². The van der Waals surface area contributed by atoms with E-state index < -0.39 is 6.10 Å². The Morgan fingerprint density at radius 2 is 2.04 bits per heavy atom. The molecule has 0 heterocycles. The third-order valence-corrected chi connectivity index (χ3v) is 5.15. The minimum atomic E-state index is -0.495. The molecule has 0 aromatic carbocycles. The van der Waals surface area contributed by atoms with Crippen molar-refractivity contribution in [1.29, 1.82) is 0 Å². The molecule has 4 atom stereocenters. The van der Waals surface area contributed by atoms with Crippen LogP contribution in [0.4, 0.5) is 0 Å². The number of ether oxygens (including phenoxy) is 1. The van der Waals surface area contributed by atoms with E-state index in [1.54, 1.807) is 0 Å². The molecule has 0 aromatic rings. The normalized spacial score (nSPS) is 28.2. The Labute approximate surface area is 153 Å². The van der Waals surface area contributed by atoms with E-state index in [4.69, 9.17) is 4.74 Å². The SMILES string of the molecule is CC(=O)O[C@H]1CC=C(C)CC[C@@H]([C@H](C)CCC=C(C)C)[C@@H](O)/C=C/1C. The highest BCUT2D eigenvalue weighted by molar-refractivity contribution is 5.66. The van der Waals surface area contributed by atoms with E-state index >= 15 is 0 Å². The largest absolute Gasteiger partial charge is 0.458 e. The average molecular weight is 349 g/mol. The van der Waals surface area contributed by atoms with Gasteiger partial charge in [-0.1, -0.05) is 36.3 Å². The molecule has 0 aliphatic heterocycles. The fraction of sp³-hybridized carbons (Fsp3) is 0.682. The van der Waals surface area contributed by atoms with Crippen LogP contribution in [0.2, 0.25) is 0 Å². The molecule has 1 rings (SSSR count). The molecule has 0 bridgehead atoms. The highest BCUT2D eigenvalue weighted by atomic mass is 16.5. The van der Waals surface area contributed by atoms with E-state index in [2.05, 4.69) is 39.8 Å². The van der Waals surface area contributed by atoms with Crippen LogP contribution in [-0.2, 0) is 9.53 Å². The van der Waals surface area contributed by atoms with Crippen LogP contribution in [-0.4, -0.2) is 23.3 Å². The molecule has 3 heteroatoms. The maximum absolute atomic E-state index is 11.4. The van der Waals surface area contributed by atoms with Crippen molar-refractivity contribution in [2.45, 2.75) is 85.9 Å². The second-order valence-corrected chi connectivity index (χ2v) is 7.82. The summed E-state index contributed by atoms with van der Waals surface area (Å²) >= 11 is 0. The van der Waals surface area contributed by atoms with Crippen LogP contribution < -0.4 is 0 Å². The summed E-state index contributed by atoms with van der Waals surface area (Å²) in [6.07, 6.45) is 10.4. The molecule has 0 aromatic heterocycles. The van der Waals surface area contributed by atoms with Gasteiger partial charge in [0.2, 0.25) is 0 Å². The fourth-order valence-electron chi connectivity index (χ4n) is 3.47. The Bertz CT molecular complexity index is 523. The summed E-state index contributed by atoms with van der Waals surface area (Å²) < 4.78 is 5.45. The first kappa shape index (κ1) is 21.7. The number of esters is 1. The van der Waals surface area contributed by atoms with Crippen LogP contribution >= 0.6 is 0 Å². The van der Waals surface area contributed by atoms with Crippen molar-refractivity contribution in [3.63, 3.8) is 0 Å². The summed E-state index contributed by atoms with van der Waals surface area (Å²) in [5.74, 6) is 0.385. The minimum Gasteiger partial charge on any atom is -0.458 e. The van der Waals surface area contributed by atoms with Gasteiger partial charge in [0.25, 0.3) is 0 Å². The number of carbonyl (C=O) groups is 1. The molecule has 1 aliphatic carbocycles. The third kappa shape index (κ3) is 8.04. The van der Waals surface area contributed by atoms with Gasteiger partial charge in [0.15, 0.2) is 0 Å². The first-order valence-electron chi connectivity index (χ1n) is 9.53. The van der Waals surface area contributed by atoms with Crippen molar-refractivity contribution in [2.24, 2.45) is 11.8 Å². The molecule has 25 heavy (non-hydrogen) atoms. The van der Waals surface area contributed by atoms with Crippen LogP contribution in [0.5, 0.6) is 0 Å². The van der Waals surface area contributed by atoms with Crippen molar-refractivity contribution in [2.75, 3.05) is 0 Å². The maximum atomic E-state index is 11.4. The highest BCUT2D eigenvalue weighted by Gasteiger charge is 2.26. The predicted octanol–water partition coefficient (Wildman–Crippen LogP) is 5.35. The summed E-state index contributed by atoms with van der Waals surface area (Å²) in [6, 6.07) is 0. The second kappa shape index (κ2) is 10.6. The molecule has 0 unspecified atom stereocenters. The molecule has 142 valence electrons. The summed E-state index contributed by atoms with van der Waals surface area (Å²) in [6.45, 7) is 12.0. The van der Waals surface area contributed by atoms with Crippen LogP contribution in [0.1, 0.15) is 73.6 Å². The molecule has 1 aliphatic rings. The van der Waals surface area contributed by atoms with E-state index in [9.17, 15) is 9.90 Å². The van der Waals surface area contributed by atoms with Crippen LogP contribution in [0.3, 0.4) is 0 Å². The molecular weight excluding hydrogens is 312 g/mol. The van der Waals surface area contributed by atoms with Gasteiger partial charge in [0, 0.05) is 13.3 Å². The van der Waals surface area contributed by atoms with Crippen molar-refractivity contribution in [3.8, 4) is 0 Å². The molecule has 0 radical (unpaired) electrons. The highest BCUT2D eigenvalue weighted by Crippen LogP contribution is 2.30. The first-order chi connectivity index (χ1) is 11.7.